The number of phenolic OH excluding ortho intramolecular Hbond substituents is 1. The molecule has 25 heavy (non-hydrogen) atoms. The van der Waals surface area contributed by atoms with E-state index in [9.17, 15) is 5.11 Å². The zero-order valence-corrected chi connectivity index (χ0v) is 15.3. The van der Waals surface area contributed by atoms with Gasteiger partial charge >= 0.3 is 0 Å². The Labute approximate surface area is 150 Å². The van der Waals surface area contributed by atoms with Crippen LogP contribution < -0.4 is 15.4 Å². The highest BCUT2D eigenvalue weighted by atomic mass is 16.5. The van der Waals surface area contributed by atoms with E-state index in [1.54, 1.807) is 19.2 Å². The molecule has 2 fully saturated rings. The lowest BCUT2D eigenvalue weighted by molar-refractivity contribution is 0.197. The van der Waals surface area contributed by atoms with Gasteiger partial charge in [-0.3, -0.25) is 0 Å². The average molecular weight is 346 g/mol. The summed E-state index contributed by atoms with van der Waals surface area (Å²) >= 11 is 0. The fourth-order valence-electron chi connectivity index (χ4n) is 3.37. The summed E-state index contributed by atoms with van der Waals surface area (Å²) in [6, 6.07) is 6.76. The molecule has 1 aliphatic heterocycles. The van der Waals surface area contributed by atoms with Gasteiger partial charge in [-0.15, -0.1) is 0 Å². The molecule has 1 aliphatic carbocycles. The smallest absolute Gasteiger partial charge is 0.191 e. The van der Waals surface area contributed by atoms with Gasteiger partial charge < -0.3 is 25.4 Å². The van der Waals surface area contributed by atoms with E-state index in [-0.39, 0.29) is 5.75 Å². The van der Waals surface area contributed by atoms with E-state index in [4.69, 9.17) is 4.74 Å². The lowest BCUT2D eigenvalue weighted by Crippen LogP contribution is -2.49. The Morgan fingerprint density at radius 2 is 2.04 bits per heavy atom. The van der Waals surface area contributed by atoms with Crippen molar-refractivity contribution in [2.75, 3.05) is 26.7 Å². The highest BCUT2D eigenvalue weighted by Gasteiger charge is 2.31. The van der Waals surface area contributed by atoms with E-state index in [1.807, 2.05) is 6.07 Å². The molecule has 1 heterocycles. The fraction of sp³-hybridized carbons (Fsp3) is 0.632. The van der Waals surface area contributed by atoms with Crippen LogP contribution in [0, 0.1) is 0 Å². The number of aromatic hydroxyl groups is 1. The molecule has 3 N–H and O–H groups in total. The van der Waals surface area contributed by atoms with E-state index < -0.39 is 0 Å². The van der Waals surface area contributed by atoms with Gasteiger partial charge in [0.25, 0.3) is 0 Å². The number of aliphatic imine (C=N–C) groups is 1. The third-order valence-electron chi connectivity index (χ3n) is 4.94. The normalized spacial score (nSPS) is 19.7. The first-order valence-corrected chi connectivity index (χ1v) is 9.34. The van der Waals surface area contributed by atoms with Crippen LogP contribution in [0.25, 0.3) is 0 Å². The van der Waals surface area contributed by atoms with Crippen molar-refractivity contribution in [3.8, 4) is 11.5 Å². The maximum absolute atomic E-state index is 9.89. The number of phenols is 1. The molecule has 0 bridgehead atoms. The molecule has 0 amide bonds. The molecule has 0 atom stereocenters. The molecule has 2 aliphatic rings. The van der Waals surface area contributed by atoms with Crippen LogP contribution in [0.5, 0.6) is 11.5 Å². The van der Waals surface area contributed by atoms with Crippen molar-refractivity contribution in [2.45, 2.75) is 51.2 Å². The number of likely N-dealkylation sites (tertiary alicyclic amines) is 1. The molecule has 3 rings (SSSR count). The first kappa shape index (κ1) is 17.9. The number of hydrogen-bond donors (Lipinski definition) is 3. The van der Waals surface area contributed by atoms with Gasteiger partial charge in [0.2, 0.25) is 0 Å². The number of nitrogens with zero attached hydrogens (tertiary/aromatic N) is 2. The van der Waals surface area contributed by atoms with Crippen LogP contribution in [0.2, 0.25) is 0 Å². The minimum Gasteiger partial charge on any atom is -0.504 e. The number of nitrogens with one attached hydrogen (secondary N) is 2. The zero-order chi connectivity index (χ0) is 17.6. The lowest BCUT2D eigenvalue weighted by Gasteiger charge is -2.33. The molecule has 138 valence electrons. The molecule has 0 aromatic heterocycles. The predicted octanol–water partition coefficient (Wildman–Crippen LogP) is 2.08. The van der Waals surface area contributed by atoms with Gasteiger partial charge in [-0.05, 0) is 50.3 Å². The SMILES string of the molecule is CCNC(=NCc1ccc(OC)c(O)c1)NC1CCN(C2CC2)CC1. The molecule has 1 aromatic carbocycles. The second kappa shape index (κ2) is 8.43. The molecular weight excluding hydrogens is 316 g/mol. The monoisotopic (exact) mass is 346 g/mol. The van der Waals surface area contributed by atoms with Crippen LogP contribution >= 0.6 is 0 Å². The maximum atomic E-state index is 9.89. The number of benzene rings is 1. The number of methoxy groups -OCH3 is 1. The molecule has 6 nitrogen and oxygen atoms in total. The second-order valence-corrected chi connectivity index (χ2v) is 6.89. The van der Waals surface area contributed by atoms with Gasteiger partial charge in [0.05, 0.1) is 13.7 Å². The molecule has 0 spiro atoms. The van der Waals surface area contributed by atoms with Crippen LogP contribution in [0.15, 0.2) is 23.2 Å². The quantitative estimate of drug-likeness (QED) is 0.543. The van der Waals surface area contributed by atoms with E-state index in [1.165, 1.54) is 38.8 Å². The predicted molar refractivity (Wildman–Crippen MR) is 100 cm³/mol. The third kappa shape index (κ3) is 5.01. The Hall–Kier alpha value is -1.95. The van der Waals surface area contributed by atoms with E-state index in [2.05, 4.69) is 27.4 Å². The number of hydrogen-bond acceptors (Lipinski definition) is 4. The van der Waals surface area contributed by atoms with Gasteiger partial charge in [0.15, 0.2) is 17.5 Å². The maximum Gasteiger partial charge on any atom is 0.191 e. The summed E-state index contributed by atoms with van der Waals surface area (Å²) < 4.78 is 5.08. The first-order valence-electron chi connectivity index (χ1n) is 9.34. The van der Waals surface area contributed by atoms with Crippen molar-refractivity contribution in [1.29, 1.82) is 0 Å². The first-order chi connectivity index (χ1) is 12.2. The van der Waals surface area contributed by atoms with Crippen LogP contribution in [0.4, 0.5) is 0 Å². The minimum atomic E-state index is 0.153. The Balaban J connectivity index is 1.54. The molecule has 6 heteroatoms. The van der Waals surface area contributed by atoms with Crippen molar-refractivity contribution in [1.82, 2.24) is 15.5 Å². The number of guanidine groups is 1. The summed E-state index contributed by atoms with van der Waals surface area (Å²) in [7, 11) is 1.55. The van der Waals surface area contributed by atoms with Crippen LogP contribution in [0.1, 0.15) is 38.2 Å². The molecule has 0 radical (unpaired) electrons. The summed E-state index contributed by atoms with van der Waals surface area (Å²) in [5.74, 6) is 1.49. The summed E-state index contributed by atoms with van der Waals surface area (Å²) in [5, 5.41) is 16.8. The van der Waals surface area contributed by atoms with Gasteiger partial charge in [-0.25, -0.2) is 4.99 Å². The van der Waals surface area contributed by atoms with E-state index in [0.29, 0.717) is 18.3 Å². The molecule has 0 unspecified atom stereocenters. The summed E-state index contributed by atoms with van der Waals surface area (Å²) in [4.78, 5) is 7.30. The van der Waals surface area contributed by atoms with E-state index in [0.717, 1.165) is 24.1 Å². The number of rotatable bonds is 6. The molecule has 1 aromatic rings. The van der Waals surface area contributed by atoms with Gasteiger partial charge in [0, 0.05) is 31.7 Å². The number of ether oxygens (including phenoxy) is 1. The molecule has 1 saturated heterocycles. The van der Waals surface area contributed by atoms with E-state index >= 15 is 0 Å². The Kier molecular flexibility index (Phi) is 6.02. The lowest BCUT2D eigenvalue weighted by atomic mass is 10.1. The topological polar surface area (TPSA) is 69.1 Å². The Morgan fingerprint density at radius 1 is 1.28 bits per heavy atom. The van der Waals surface area contributed by atoms with Crippen molar-refractivity contribution < 1.29 is 9.84 Å². The Bertz CT molecular complexity index is 593. The third-order valence-corrected chi connectivity index (χ3v) is 4.94. The standard InChI is InChI=1S/C19H30N4O2/c1-3-20-19(21-13-14-4-7-18(25-2)17(24)12-14)22-15-8-10-23(11-9-15)16-5-6-16/h4,7,12,15-16,24H,3,5-6,8-11,13H2,1-2H3,(H2,20,21,22). The minimum absolute atomic E-state index is 0.153. The van der Waals surface area contributed by atoms with Crippen molar-refractivity contribution in [3.63, 3.8) is 0 Å². The Morgan fingerprint density at radius 3 is 2.64 bits per heavy atom. The highest BCUT2D eigenvalue weighted by molar-refractivity contribution is 5.80. The van der Waals surface area contributed by atoms with Crippen LogP contribution in [-0.4, -0.2) is 54.8 Å². The number of piperidine rings is 1. The van der Waals surface area contributed by atoms with Gasteiger partial charge in [-0.1, -0.05) is 6.07 Å². The summed E-state index contributed by atoms with van der Waals surface area (Å²) in [5.41, 5.74) is 0.957. The van der Waals surface area contributed by atoms with Gasteiger partial charge in [0.1, 0.15) is 0 Å². The van der Waals surface area contributed by atoms with Gasteiger partial charge in [-0.2, -0.15) is 0 Å². The summed E-state index contributed by atoms with van der Waals surface area (Å²) in [6.45, 7) is 5.81. The molecular formula is C19H30N4O2. The average Bonchev–Trinajstić information content (AvgIpc) is 3.46. The molecule has 1 saturated carbocycles. The van der Waals surface area contributed by atoms with Crippen molar-refractivity contribution in [3.05, 3.63) is 23.8 Å². The second-order valence-electron chi connectivity index (χ2n) is 6.89. The van der Waals surface area contributed by atoms with Crippen molar-refractivity contribution in [2.24, 2.45) is 4.99 Å². The van der Waals surface area contributed by atoms with Crippen LogP contribution in [-0.2, 0) is 6.54 Å². The van der Waals surface area contributed by atoms with Crippen LogP contribution in [0.3, 0.4) is 0 Å². The van der Waals surface area contributed by atoms with Crippen molar-refractivity contribution >= 4 is 5.96 Å². The zero-order valence-electron chi connectivity index (χ0n) is 15.3. The fourth-order valence-corrected chi connectivity index (χ4v) is 3.37. The largest absolute Gasteiger partial charge is 0.504 e. The summed E-state index contributed by atoms with van der Waals surface area (Å²) in [6.07, 6.45) is 5.11. The highest BCUT2D eigenvalue weighted by Crippen LogP contribution is 2.29.